The lowest BCUT2D eigenvalue weighted by Gasteiger charge is -2.09. The average Bonchev–Trinajstić information content (AvgIpc) is 2.53. The monoisotopic (exact) mass is 264 g/mol. The van der Waals surface area contributed by atoms with Crippen LogP contribution in [0.2, 0.25) is 0 Å². The van der Waals surface area contributed by atoms with E-state index < -0.39 is 0 Å². The fourth-order valence-electron chi connectivity index (χ4n) is 2.23. The molecule has 3 aromatic carbocycles. The van der Waals surface area contributed by atoms with Crippen molar-refractivity contribution in [1.82, 2.24) is 0 Å². The van der Waals surface area contributed by atoms with Gasteiger partial charge in [-0.25, -0.2) is 0 Å². The Hall–Kier alpha value is -2.48. The summed E-state index contributed by atoms with van der Waals surface area (Å²) in [7, 11) is 1.69. The number of benzene rings is 3. The minimum atomic E-state index is 0.571. The maximum Gasteiger partial charge on any atom is 0.126 e. The lowest BCUT2D eigenvalue weighted by atomic mass is 10.1. The Kier molecular flexibility index (Phi) is 3.55. The minimum absolute atomic E-state index is 0.571. The summed E-state index contributed by atoms with van der Waals surface area (Å²) in [4.78, 5) is 0. The molecule has 100 valence electrons. The number of methoxy groups -OCH3 is 1. The summed E-state index contributed by atoms with van der Waals surface area (Å²) in [5, 5.41) is 2.22. The summed E-state index contributed by atoms with van der Waals surface area (Å²) in [6, 6.07) is 22.2. The highest BCUT2D eigenvalue weighted by atomic mass is 16.5. The highest BCUT2D eigenvalue weighted by Crippen LogP contribution is 2.29. The summed E-state index contributed by atoms with van der Waals surface area (Å²) in [6.07, 6.45) is 0. The summed E-state index contributed by atoms with van der Waals surface area (Å²) < 4.78 is 11.2. The van der Waals surface area contributed by atoms with E-state index in [-0.39, 0.29) is 0 Å². The molecule has 0 aromatic heterocycles. The van der Waals surface area contributed by atoms with Crippen molar-refractivity contribution in [2.75, 3.05) is 7.11 Å². The Morgan fingerprint density at radius 2 is 1.70 bits per heavy atom. The number of rotatable bonds is 4. The normalized spacial score (nSPS) is 10.4. The van der Waals surface area contributed by atoms with Gasteiger partial charge in [0.05, 0.1) is 7.11 Å². The standard InChI is InChI=1S/C18H16O2/c1-19-18-9-5-8-15-10-11-16(12-17(15)18)20-13-14-6-3-2-4-7-14/h2-12H,13H2,1H3. The van der Waals surface area contributed by atoms with Gasteiger partial charge in [-0.05, 0) is 29.1 Å². The van der Waals surface area contributed by atoms with Crippen molar-refractivity contribution in [3.63, 3.8) is 0 Å². The van der Waals surface area contributed by atoms with E-state index in [0.29, 0.717) is 6.61 Å². The van der Waals surface area contributed by atoms with Crippen molar-refractivity contribution < 1.29 is 9.47 Å². The molecule has 0 aliphatic rings. The van der Waals surface area contributed by atoms with Gasteiger partial charge < -0.3 is 9.47 Å². The first-order valence-electron chi connectivity index (χ1n) is 6.60. The first-order chi connectivity index (χ1) is 9.86. The van der Waals surface area contributed by atoms with Crippen molar-refractivity contribution in [2.24, 2.45) is 0 Å². The molecule has 0 atom stereocenters. The lowest BCUT2D eigenvalue weighted by Crippen LogP contribution is -1.95. The van der Waals surface area contributed by atoms with Crippen molar-refractivity contribution in [3.05, 3.63) is 72.3 Å². The summed E-state index contributed by atoms with van der Waals surface area (Å²) in [5.41, 5.74) is 1.16. The zero-order valence-corrected chi connectivity index (χ0v) is 11.4. The van der Waals surface area contributed by atoms with Gasteiger partial charge >= 0.3 is 0 Å². The van der Waals surface area contributed by atoms with E-state index in [1.54, 1.807) is 7.11 Å². The number of hydrogen-bond acceptors (Lipinski definition) is 2. The molecule has 2 heteroatoms. The second kappa shape index (κ2) is 5.66. The molecule has 2 nitrogen and oxygen atoms in total. The van der Waals surface area contributed by atoms with Gasteiger partial charge in [-0.3, -0.25) is 0 Å². The fraction of sp³-hybridized carbons (Fsp3) is 0.111. The topological polar surface area (TPSA) is 18.5 Å². The van der Waals surface area contributed by atoms with E-state index in [9.17, 15) is 0 Å². The largest absolute Gasteiger partial charge is 0.496 e. The Labute approximate surface area is 118 Å². The molecule has 0 saturated heterocycles. The molecule has 0 aliphatic heterocycles. The Balaban J connectivity index is 1.85. The van der Waals surface area contributed by atoms with Gasteiger partial charge in [0.25, 0.3) is 0 Å². The molecule has 0 heterocycles. The second-order valence-electron chi connectivity index (χ2n) is 4.62. The second-order valence-corrected chi connectivity index (χ2v) is 4.62. The van der Waals surface area contributed by atoms with Crippen LogP contribution >= 0.6 is 0 Å². The van der Waals surface area contributed by atoms with E-state index in [1.165, 1.54) is 0 Å². The highest BCUT2D eigenvalue weighted by Gasteiger charge is 2.03. The third kappa shape index (κ3) is 2.59. The van der Waals surface area contributed by atoms with E-state index in [0.717, 1.165) is 27.8 Å². The van der Waals surface area contributed by atoms with Gasteiger partial charge in [0, 0.05) is 5.39 Å². The van der Waals surface area contributed by atoms with Crippen molar-refractivity contribution in [3.8, 4) is 11.5 Å². The Morgan fingerprint density at radius 1 is 0.850 bits per heavy atom. The molecule has 0 N–H and O–H groups in total. The minimum Gasteiger partial charge on any atom is -0.496 e. The number of hydrogen-bond donors (Lipinski definition) is 0. The van der Waals surface area contributed by atoms with Crippen LogP contribution in [0.5, 0.6) is 11.5 Å². The average molecular weight is 264 g/mol. The van der Waals surface area contributed by atoms with E-state index in [2.05, 4.69) is 24.3 Å². The molecule has 3 aromatic rings. The summed E-state index contributed by atoms with van der Waals surface area (Å²) in [6.45, 7) is 0.571. The van der Waals surface area contributed by atoms with Crippen LogP contribution in [0.15, 0.2) is 66.7 Å². The van der Waals surface area contributed by atoms with Crippen LogP contribution in [0.1, 0.15) is 5.56 Å². The number of ether oxygens (including phenoxy) is 2. The van der Waals surface area contributed by atoms with Gasteiger partial charge in [-0.1, -0.05) is 48.5 Å². The van der Waals surface area contributed by atoms with Gasteiger partial charge in [0.2, 0.25) is 0 Å². The molecule has 0 spiro atoms. The zero-order chi connectivity index (χ0) is 13.8. The quantitative estimate of drug-likeness (QED) is 0.694. The molecule has 0 fully saturated rings. The van der Waals surface area contributed by atoms with Gasteiger partial charge in [-0.15, -0.1) is 0 Å². The summed E-state index contributed by atoms with van der Waals surface area (Å²) in [5.74, 6) is 1.72. The van der Waals surface area contributed by atoms with Gasteiger partial charge in [-0.2, -0.15) is 0 Å². The molecular weight excluding hydrogens is 248 g/mol. The molecule has 0 radical (unpaired) electrons. The predicted octanol–water partition coefficient (Wildman–Crippen LogP) is 4.43. The smallest absolute Gasteiger partial charge is 0.126 e. The molecule has 0 amide bonds. The molecule has 0 saturated carbocycles. The molecule has 20 heavy (non-hydrogen) atoms. The molecule has 3 rings (SSSR count). The fourth-order valence-corrected chi connectivity index (χ4v) is 2.23. The number of fused-ring (bicyclic) bond motifs is 1. The molecule has 0 bridgehead atoms. The predicted molar refractivity (Wildman–Crippen MR) is 81.3 cm³/mol. The lowest BCUT2D eigenvalue weighted by molar-refractivity contribution is 0.306. The third-order valence-corrected chi connectivity index (χ3v) is 3.28. The zero-order valence-electron chi connectivity index (χ0n) is 11.4. The maximum atomic E-state index is 5.84. The van der Waals surface area contributed by atoms with Crippen LogP contribution in [-0.2, 0) is 6.61 Å². The Morgan fingerprint density at radius 3 is 2.50 bits per heavy atom. The van der Waals surface area contributed by atoms with Crippen LogP contribution < -0.4 is 9.47 Å². The van der Waals surface area contributed by atoms with E-state index in [1.807, 2.05) is 42.5 Å². The van der Waals surface area contributed by atoms with Crippen LogP contribution in [0.25, 0.3) is 10.8 Å². The highest BCUT2D eigenvalue weighted by molar-refractivity contribution is 5.89. The van der Waals surface area contributed by atoms with Crippen LogP contribution in [-0.4, -0.2) is 7.11 Å². The SMILES string of the molecule is COc1cccc2ccc(OCc3ccccc3)cc12. The van der Waals surface area contributed by atoms with E-state index >= 15 is 0 Å². The maximum absolute atomic E-state index is 5.84. The molecule has 0 unspecified atom stereocenters. The molecular formula is C18H16O2. The van der Waals surface area contributed by atoms with Crippen LogP contribution in [0, 0.1) is 0 Å². The first kappa shape index (κ1) is 12.5. The van der Waals surface area contributed by atoms with Crippen molar-refractivity contribution in [2.45, 2.75) is 6.61 Å². The van der Waals surface area contributed by atoms with Crippen molar-refractivity contribution >= 4 is 10.8 Å². The van der Waals surface area contributed by atoms with Crippen LogP contribution in [0.4, 0.5) is 0 Å². The van der Waals surface area contributed by atoms with Gasteiger partial charge in [0.15, 0.2) is 0 Å². The van der Waals surface area contributed by atoms with E-state index in [4.69, 9.17) is 9.47 Å². The Bertz CT molecular complexity index is 705. The summed E-state index contributed by atoms with van der Waals surface area (Å²) >= 11 is 0. The van der Waals surface area contributed by atoms with Crippen LogP contribution in [0.3, 0.4) is 0 Å². The molecule has 0 aliphatic carbocycles. The van der Waals surface area contributed by atoms with Crippen molar-refractivity contribution in [1.29, 1.82) is 0 Å². The third-order valence-electron chi connectivity index (χ3n) is 3.28. The first-order valence-corrected chi connectivity index (χ1v) is 6.60. The van der Waals surface area contributed by atoms with Gasteiger partial charge in [0.1, 0.15) is 18.1 Å².